The summed E-state index contributed by atoms with van der Waals surface area (Å²) in [7, 11) is 0. The Morgan fingerprint density at radius 1 is 1.09 bits per heavy atom. The summed E-state index contributed by atoms with van der Waals surface area (Å²) in [5.74, 6) is -3.57. The summed E-state index contributed by atoms with van der Waals surface area (Å²) in [6, 6.07) is 1.88. The van der Waals surface area contributed by atoms with Crippen LogP contribution < -0.4 is 5.32 Å². The molecule has 6 nitrogen and oxygen atoms in total. The fraction of sp³-hybridized carbons (Fsp3) is 0.522. The Morgan fingerprint density at radius 3 is 2.32 bits per heavy atom. The molecule has 0 radical (unpaired) electrons. The summed E-state index contributed by atoms with van der Waals surface area (Å²) in [6.07, 6.45) is -2.03. The number of hydrogen-bond acceptors (Lipinski definition) is 5. The number of rotatable bonds is 4. The van der Waals surface area contributed by atoms with Crippen LogP contribution in [0.3, 0.4) is 0 Å². The van der Waals surface area contributed by atoms with Gasteiger partial charge >= 0.3 is 6.09 Å². The molecule has 3 atom stereocenters. The maximum absolute atomic E-state index is 14.1. The number of nitrogens with zero attached hydrogens (tertiary/aromatic N) is 3. The van der Waals surface area contributed by atoms with Gasteiger partial charge in [-0.15, -0.1) is 10.2 Å². The van der Waals surface area contributed by atoms with Gasteiger partial charge < -0.3 is 15.0 Å². The van der Waals surface area contributed by atoms with Gasteiger partial charge in [0.05, 0.1) is 0 Å². The third-order valence-electron chi connectivity index (χ3n) is 6.06. The quantitative estimate of drug-likeness (QED) is 0.455. The fourth-order valence-electron chi connectivity index (χ4n) is 4.68. The first-order chi connectivity index (χ1) is 15.9. The highest BCUT2D eigenvalue weighted by Gasteiger charge is 2.43. The first kappa shape index (κ1) is 24.2. The van der Waals surface area contributed by atoms with E-state index in [0.29, 0.717) is 38.1 Å². The van der Waals surface area contributed by atoms with E-state index in [-0.39, 0.29) is 29.8 Å². The second kappa shape index (κ2) is 8.99. The number of carbonyl (C=O) groups excluding carboxylic acids is 1. The van der Waals surface area contributed by atoms with E-state index in [1.165, 1.54) is 0 Å². The molecule has 1 aromatic heterocycles. The number of benzene rings is 1. The van der Waals surface area contributed by atoms with Crippen LogP contribution in [0.4, 0.5) is 32.6 Å². The maximum Gasteiger partial charge on any atom is 0.410 e. The third-order valence-corrected chi connectivity index (χ3v) is 6.06. The van der Waals surface area contributed by atoms with Crippen LogP contribution in [0, 0.1) is 29.3 Å². The SMILES string of the molecule is CC(C)(C)OC(=O)N1C[C@H]2CC(Nc3cc(C(F)F)c(-c4cc(F)cc(F)c4F)nn3)C[C@H]2C1. The first-order valence-electron chi connectivity index (χ1n) is 11.0. The summed E-state index contributed by atoms with van der Waals surface area (Å²) in [4.78, 5) is 14.0. The fourth-order valence-corrected chi connectivity index (χ4v) is 4.68. The average molecular weight is 484 g/mol. The highest BCUT2D eigenvalue weighted by atomic mass is 19.3. The Bertz CT molecular complexity index is 1080. The van der Waals surface area contributed by atoms with Crippen molar-refractivity contribution in [2.45, 2.75) is 51.7 Å². The van der Waals surface area contributed by atoms with Gasteiger partial charge in [-0.05, 0) is 57.6 Å². The number of halogens is 5. The highest BCUT2D eigenvalue weighted by Crippen LogP contribution is 2.40. The van der Waals surface area contributed by atoms with Gasteiger partial charge in [0.1, 0.15) is 22.9 Å². The van der Waals surface area contributed by atoms with Gasteiger partial charge in [0.15, 0.2) is 11.6 Å². The zero-order chi connectivity index (χ0) is 24.8. The Morgan fingerprint density at radius 2 is 1.74 bits per heavy atom. The number of aromatic nitrogens is 2. The standard InChI is InChI=1S/C23H25F5N4O2/c1-23(2,3)34-22(33)32-9-11-4-14(5-12(11)10-32)29-18-8-16(21(27)28)20(31-30-18)15-6-13(24)7-17(25)19(15)26/h6-8,11-12,14,21H,4-5,9-10H2,1-3H3,(H,29,30)/t11-,12+,14?. The van der Waals surface area contributed by atoms with Crippen molar-refractivity contribution < 1.29 is 31.5 Å². The van der Waals surface area contributed by atoms with Crippen molar-refractivity contribution in [2.24, 2.45) is 11.8 Å². The smallest absolute Gasteiger partial charge is 0.410 e. The Labute approximate surface area is 193 Å². The molecule has 2 heterocycles. The number of anilines is 1. The van der Waals surface area contributed by atoms with Crippen molar-refractivity contribution in [3.05, 3.63) is 41.2 Å². The molecular weight excluding hydrogens is 459 g/mol. The van der Waals surface area contributed by atoms with Gasteiger partial charge in [0.25, 0.3) is 6.43 Å². The number of likely N-dealkylation sites (tertiary alicyclic amines) is 1. The molecule has 1 aromatic carbocycles. The molecule has 1 saturated heterocycles. The van der Waals surface area contributed by atoms with Gasteiger partial charge in [-0.2, -0.15) is 0 Å². The van der Waals surface area contributed by atoms with Crippen LogP contribution in [-0.2, 0) is 4.74 Å². The molecule has 4 rings (SSSR count). The molecule has 1 N–H and O–H groups in total. The Balaban J connectivity index is 1.45. The largest absolute Gasteiger partial charge is 0.444 e. The van der Waals surface area contributed by atoms with Crippen molar-refractivity contribution in [3.63, 3.8) is 0 Å². The summed E-state index contributed by atoms with van der Waals surface area (Å²) in [6.45, 7) is 6.52. The normalized spacial score (nSPS) is 22.3. The van der Waals surface area contributed by atoms with E-state index in [4.69, 9.17) is 4.74 Å². The molecular formula is C23H25F5N4O2. The lowest BCUT2D eigenvalue weighted by atomic mass is 10.0. The number of carbonyl (C=O) groups is 1. The van der Waals surface area contributed by atoms with Crippen LogP contribution in [0.15, 0.2) is 18.2 Å². The molecule has 0 bridgehead atoms. The van der Waals surface area contributed by atoms with Crippen molar-refractivity contribution in [2.75, 3.05) is 18.4 Å². The van der Waals surface area contributed by atoms with Crippen LogP contribution in [0.2, 0.25) is 0 Å². The van der Waals surface area contributed by atoms with Crippen molar-refractivity contribution >= 4 is 11.9 Å². The third kappa shape index (κ3) is 5.07. The van der Waals surface area contributed by atoms with Gasteiger partial charge in [-0.3, -0.25) is 0 Å². The minimum atomic E-state index is -3.07. The van der Waals surface area contributed by atoms with Crippen molar-refractivity contribution in [3.8, 4) is 11.3 Å². The topological polar surface area (TPSA) is 67.3 Å². The Kier molecular flexibility index (Phi) is 6.39. The van der Waals surface area contributed by atoms with E-state index in [9.17, 15) is 26.7 Å². The number of ether oxygens (including phenoxy) is 1. The number of amides is 1. The van der Waals surface area contributed by atoms with Crippen molar-refractivity contribution in [1.29, 1.82) is 0 Å². The lowest BCUT2D eigenvalue weighted by Crippen LogP contribution is -2.36. The van der Waals surface area contributed by atoms with Gasteiger partial charge in [-0.25, -0.2) is 26.7 Å². The predicted octanol–water partition coefficient (Wildman–Crippen LogP) is 5.56. The molecule has 2 aromatic rings. The molecule has 2 fully saturated rings. The first-order valence-corrected chi connectivity index (χ1v) is 11.0. The molecule has 1 amide bonds. The number of fused-ring (bicyclic) bond motifs is 1. The minimum Gasteiger partial charge on any atom is -0.444 e. The second-order valence-electron chi connectivity index (χ2n) is 9.80. The lowest BCUT2D eigenvalue weighted by molar-refractivity contribution is 0.0280. The summed E-state index contributed by atoms with van der Waals surface area (Å²) < 4.78 is 74.1. The molecule has 2 aliphatic rings. The summed E-state index contributed by atoms with van der Waals surface area (Å²) in [5.41, 5.74) is -2.60. The summed E-state index contributed by atoms with van der Waals surface area (Å²) in [5, 5.41) is 10.6. The van der Waals surface area contributed by atoms with Crippen LogP contribution in [0.25, 0.3) is 11.3 Å². The monoisotopic (exact) mass is 484 g/mol. The molecule has 184 valence electrons. The van der Waals surface area contributed by atoms with Crippen LogP contribution in [-0.4, -0.2) is 45.9 Å². The molecule has 1 aliphatic heterocycles. The summed E-state index contributed by atoms with van der Waals surface area (Å²) >= 11 is 0. The highest BCUT2D eigenvalue weighted by molar-refractivity contribution is 5.68. The van der Waals surface area contributed by atoms with E-state index < -0.39 is 46.3 Å². The van der Waals surface area contributed by atoms with Crippen LogP contribution >= 0.6 is 0 Å². The molecule has 34 heavy (non-hydrogen) atoms. The van der Waals surface area contributed by atoms with E-state index in [2.05, 4.69) is 15.5 Å². The minimum absolute atomic E-state index is 0.0605. The number of alkyl halides is 2. The van der Waals surface area contributed by atoms with Gasteiger partial charge in [0.2, 0.25) is 0 Å². The van der Waals surface area contributed by atoms with Crippen LogP contribution in [0.5, 0.6) is 0 Å². The van der Waals surface area contributed by atoms with E-state index in [0.717, 1.165) is 6.07 Å². The average Bonchev–Trinajstić information content (AvgIpc) is 3.28. The van der Waals surface area contributed by atoms with E-state index in [1.807, 2.05) is 0 Å². The number of hydrogen-bond donors (Lipinski definition) is 1. The molecule has 0 spiro atoms. The molecule has 1 unspecified atom stereocenters. The predicted molar refractivity (Wildman–Crippen MR) is 114 cm³/mol. The van der Waals surface area contributed by atoms with Gasteiger partial charge in [0, 0.05) is 36.3 Å². The maximum atomic E-state index is 14.1. The lowest BCUT2D eigenvalue weighted by Gasteiger charge is -2.25. The zero-order valence-electron chi connectivity index (χ0n) is 18.9. The van der Waals surface area contributed by atoms with Gasteiger partial charge in [-0.1, -0.05) is 0 Å². The second-order valence-corrected chi connectivity index (χ2v) is 9.80. The molecule has 1 saturated carbocycles. The van der Waals surface area contributed by atoms with Crippen LogP contribution in [0.1, 0.15) is 45.6 Å². The number of nitrogens with one attached hydrogen (secondary N) is 1. The molecule has 11 heteroatoms. The zero-order valence-corrected chi connectivity index (χ0v) is 18.9. The molecule has 1 aliphatic carbocycles. The van der Waals surface area contributed by atoms with E-state index >= 15 is 0 Å². The van der Waals surface area contributed by atoms with E-state index in [1.54, 1.807) is 25.7 Å². The van der Waals surface area contributed by atoms with Crippen molar-refractivity contribution in [1.82, 2.24) is 15.1 Å². The Hall–Kier alpha value is -2.98.